The number of para-hydroxylation sites is 1. The first kappa shape index (κ1) is 17.0. The van der Waals surface area contributed by atoms with Gasteiger partial charge in [0.05, 0.1) is 11.9 Å². The van der Waals surface area contributed by atoms with Crippen LogP contribution in [0.4, 0.5) is 10.1 Å². The van der Waals surface area contributed by atoms with E-state index in [4.69, 9.17) is 4.74 Å². The van der Waals surface area contributed by atoms with Gasteiger partial charge in [0.25, 0.3) is 5.91 Å². The number of fused-ring (bicyclic) bond motifs is 1. The normalized spacial score (nSPS) is 13.4. The van der Waals surface area contributed by atoms with Crippen LogP contribution >= 0.6 is 0 Å². The first-order valence-electron chi connectivity index (χ1n) is 7.97. The molecule has 2 aromatic carbocycles. The highest BCUT2D eigenvalue weighted by molar-refractivity contribution is 5.98. The standard InChI is InChI=1S/C20H19FN2O2/c1-20(25-2,12-14-7-4-3-5-8-14)19(24)23-16-11-15-9-6-10-17(21)18(15)22-13-16/h3-11,13H,12H2,1-2H3,(H,23,24). The first-order valence-corrected chi connectivity index (χ1v) is 7.97. The van der Waals surface area contributed by atoms with Gasteiger partial charge in [-0.3, -0.25) is 9.78 Å². The van der Waals surface area contributed by atoms with E-state index in [-0.39, 0.29) is 17.2 Å². The molecule has 0 radical (unpaired) electrons. The van der Waals surface area contributed by atoms with E-state index in [0.717, 1.165) is 5.56 Å². The van der Waals surface area contributed by atoms with Gasteiger partial charge in [-0.25, -0.2) is 4.39 Å². The van der Waals surface area contributed by atoms with Gasteiger partial charge in [-0.2, -0.15) is 0 Å². The number of halogens is 1. The number of pyridine rings is 1. The van der Waals surface area contributed by atoms with Gasteiger partial charge in [0, 0.05) is 18.9 Å². The van der Waals surface area contributed by atoms with Crippen molar-refractivity contribution in [3.63, 3.8) is 0 Å². The minimum Gasteiger partial charge on any atom is -0.368 e. The zero-order valence-electron chi connectivity index (χ0n) is 14.1. The Morgan fingerprint density at radius 3 is 2.68 bits per heavy atom. The first-order chi connectivity index (χ1) is 12.0. The van der Waals surface area contributed by atoms with Crippen molar-refractivity contribution in [1.29, 1.82) is 0 Å². The van der Waals surface area contributed by atoms with Crippen LogP contribution in [-0.4, -0.2) is 23.6 Å². The molecule has 0 spiro atoms. The summed E-state index contributed by atoms with van der Waals surface area (Å²) in [5.74, 6) is -0.669. The number of nitrogens with one attached hydrogen (secondary N) is 1. The van der Waals surface area contributed by atoms with Gasteiger partial charge >= 0.3 is 0 Å². The van der Waals surface area contributed by atoms with Crippen LogP contribution in [0, 0.1) is 5.82 Å². The Morgan fingerprint density at radius 1 is 1.20 bits per heavy atom. The average molecular weight is 338 g/mol. The van der Waals surface area contributed by atoms with Crippen molar-refractivity contribution < 1.29 is 13.9 Å². The van der Waals surface area contributed by atoms with Gasteiger partial charge in [-0.15, -0.1) is 0 Å². The van der Waals surface area contributed by atoms with Crippen molar-refractivity contribution in [1.82, 2.24) is 4.98 Å². The van der Waals surface area contributed by atoms with Crippen molar-refractivity contribution in [3.05, 3.63) is 72.2 Å². The zero-order valence-corrected chi connectivity index (χ0v) is 14.1. The molecule has 0 aliphatic heterocycles. The number of ether oxygens (including phenoxy) is 1. The van der Waals surface area contributed by atoms with Crippen LogP contribution < -0.4 is 5.32 Å². The molecule has 25 heavy (non-hydrogen) atoms. The van der Waals surface area contributed by atoms with Gasteiger partial charge in [0.1, 0.15) is 16.9 Å². The summed E-state index contributed by atoms with van der Waals surface area (Å²) in [5.41, 5.74) is 0.748. The molecule has 1 aromatic heterocycles. The number of carbonyl (C=O) groups excluding carboxylic acids is 1. The van der Waals surface area contributed by atoms with Crippen LogP contribution in [0.25, 0.3) is 10.9 Å². The average Bonchev–Trinajstić information content (AvgIpc) is 2.62. The molecule has 0 saturated heterocycles. The molecule has 0 bridgehead atoms. The van der Waals surface area contributed by atoms with Crippen molar-refractivity contribution in [2.45, 2.75) is 18.9 Å². The summed E-state index contributed by atoms with van der Waals surface area (Å²) in [4.78, 5) is 16.8. The third-order valence-corrected chi connectivity index (χ3v) is 4.23. The zero-order chi connectivity index (χ0) is 17.9. The van der Waals surface area contributed by atoms with E-state index in [1.807, 2.05) is 30.3 Å². The number of aromatic nitrogens is 1. The quantitative estimate of drug-likeness (QED) is 0.766. The van der Waals surface area contributed by atoms with E-state index in [9.17, 15) is 9.18 Å². The molecule has 0 aliphatic rings. The molecule has 1 heterocycles. The third-order valence-electron chi connectivity index (χ3n) is 4.23. The van der Waals surface area contributed by atoms with E-state index in [1.165, 1.54) is 19.4 Å². The topological polar surface area (TPSA) is 51.2 Å². The molecule has 3 rings (SSSR count). The number of nitrogens with zero attached hydrogens (tertiary/aromatic N) is 1. The van der Waals surface area contributed by atoms with Crippen LogP contribution in [0.1, 0.15) is 12.5 Å². The smallest absolute Gasteiger partial charge is 0.256 e. The summed E-state index contributed by atoms with van der Waals surface area (Å²) in [5, 5.41) is 3.44. The van der Waals surface area contributed by atoms with Crippen molar-refractivity contribution >= 4 is 22.5 Å². The number of rotatable bonds is 5. The van der Waals surface area contributed by atoms with Crippen molar-refractivity contribution in [2.75, 3.05) is 12.4 Å². The van der Waals surface area contributed by atoms with Crippen molar-refractivity contribution in [3.8, 4) is 0 Å². The minimum atomic E-state index is -1.03. The number of hydrogen-bond acceptors (Lipinski definition) is 3. The molecule has 4 nitrogen and oxygen atoms in total. The summed E-state index contributed by atoms with van der Waals surface area (Å²) in [6, 6.07) is 16.1. The Morgan fingerprint density at radius 2 is 1.96 bits per heavy atom. The summed E-state index contributed by atoms with van der Waals surface area (Å²) < 4.78 is 19.2. The van der Waals surface area contributed by atoms with Crippen LogP contribution in [0.2, 0.25) is 0 Å². The lowest BCUT2D eigenvalue weighted by atomic mass is 9.95. The molecular weight excluding hydrogens is 319 g/mol. The lowest BCUT2D eigenvalue weighted by molar-refractivity contribution is -0.135. The van der Waals surface area contributed by atoms with E-state index in [2.05, 4.69) is 10.3 Å². The maximum atomic E-state index is 13.7. The molecule has 0 fully saturated rings. The number of methoxy groups -OCH3 is 1. The molecule has 0 aliphatic carbocycles. The Bertz CT molecular complexity index is 899. The molecule has 5 heteroatoms. The lowest BCUT2D eigenvalue weighted by Gasteiger charge is -2.27. The Kier molecular flexibility index (Phi) is 4.76. The van der Waals surface area contributed by atoms with E-state index < -0.39 is 5.60 Å². The SMILES string of the molecule is COC(C)(Cc1ccccc1)C(=O)Nc1cnc2c(F)cccc2c1. The number of carbonyl (C=O) groups is 1. The number of hydrogen-bond donors (Lipinski definition) is 1. The number of anilines is 1. The van der Waals surface area contributed by atoms with Gasteiger partial charge in [0.15, 0.2) is 0 Å². The second-order valence-electron chi connectivity index (χ2n) is 6.09. The van der Waals surface area contributed by atoms with Crippen LogP contribution in [-0.2, 0) is 16.0 Å². The highest BCUT2D eigenvalue weighted by Crippen LogP contribution is 2.22. The van der Waals surface area contributed by atoms with Gasteiger partial charge in [-0.05, 0) is 24.6 Å². The van der Waals surface area contributed by atoms with E-state index in [1.54, 1.807) is 25.1 Å². The fourth-order valence-electron chi connectivity index (χ4n) is 2.69. The highest BCUT2D eigenvalue weighted by atomic mass is 19.1. The lowest BCUT2D eigenvalue weighted by Crippen LogP contribution is -2.43. The number of benzene rings is 2. The molecule has 1 unspecified atom stereocenters. The predicted molar refractivity (Wildman–Crippen MR) is 95.9 cm³/mol. The van der Waals surface area contributed by atoms with Crippen LogP contribution in [0.15, 0.2) is 60.8 Å². The van der Waals surface area contributed by atoms with Crippen LogP contribution in [0.5, 0.6) is 0 Å². The molecule has 1 N–H and O–H groups in total. The predicted octanol–water partition coefficient (Wildman–Crippen LogP) is 3.96. The second kappa shape index (κ2) is 6.99. The summed E-state index contributed by atoms with van der Waals surface area (Å²) in [6.07, 6.45) is 1.88. The molecule has 128 valence electrons. The highest BCUT2D eigenvalue weighted by Gasteiger charge is 2.33. The molecule has 1 atom stereocenters. The maximum Gasteiger partial charge on any atom is 0.256 e. The molecular formula is C20H19FN2O2. The summed E-state index contributed by atoms with van der Waals surface area (Å²) >= 11 is 0. The molecule has 0 saturated carbocycles. The second-order valence-corrected chi connectivity index (χ2v) is 6.09. The summed E-state index contributed by atoms with van der Waals surface area (Å²) in [6.45, 7) is 1.74. The fraction of sp³-hybridized carbons (Fsp3) is 0.200. The van der Waals surface area contributed by atoms with E-state index in [0.29, 0.717) is 17.5 Å². The summed E-state index contributed by atoms with van der Waals surface area (Å²) in [7, 11) is 1.51. The Hall–Kier alpha value is -2.79. The molecule has 1 amide bonds. The largest absolute Gasteiger partial charge is 0.368 e. The Balaban J connectivity index is 1.82. The van der Waals surface area contributed by atoms with E-state index >= 15 is 0 Å². The molecule has 3 aromatic rings. The fourth-order valence-corrected chi connectivity index (χ4v) is 2.69. The third kappa shape index (κ3) is 3.67. The Labute approximate surface area is 145 Å². The minimum absolute atomic E-state index is 0.277. The van der Waals surface area contributed by atoms with Gasteiger partial charge in [-0.1, -0.05) is 42.5 Å². The maximum absolute atomic E-state index is 13.7. The van der Waals surface area contributed by atoms with Crippen molar-refractivity contribution in [2.24, 2.45) is 0 Å². The van der Waals surface area contributed by atoms with Gasteiger partial charge in [0.2, 0.25) is 0 Å². The monoisotopic (exact) mass is 338 g/mol. The van der Waals surface area contributed by atoms with Crippen LogP contribution in [0.3, 0.4) is 0 Å². The van der Waals surface area contributed by atoms with Gasteiger partial charge < -0.3 is 10.1 Å². The number of amides is 1.